The number of hydrogen-bond acceptors (Lipinski definition) is 1. The van der Waals surface area contributed by atoms with Crippen molar-refractivity contribution >= 4 is 49.6 Å². The maximum absolute atomic E-state index is 2.38. The molecule has 0 aliphatic heterocycles. The van der Waals surface area contributed by atoms with Crippen LogP contribution in [0.4, 0.5) is 17.1 Å². The van der Waals surface area contributed by atoms with Crippen molar-refractivity contribution < 1.29 is 0 Å². The topological polar surface area (TPSA) is 8.17 Å². The fourth-order valence-corrected chi connectivity index (χ4v) is 8.96. The molecule has 0 unspecified atom stereocenters. The summed E-state index contributed by atoms with van der Waals surface area (Å²) in [5.41, 5.74) is 16.4. The maximum Gasteiger partial charge on any atom is 0.0541 e. The first kappa shape index (κ1) is 35.2. The van der Waals surface area contributed by atoms with Crippen molar-refractivity contribution in [3.8, 4) is 50.2 Å². The molecule has 2 nitrogen and oxygen atoms in total. The zero-order valence-electron chi connectivity index (χ0n) is 33.0. The van der Waals surface area contributed by atoms with Gasteiger partial charge in [-0.25, -0.2) is 0 Å². The van der Waals surface area contributed by atoms with Gasteiger partial charge in [-0.2, -0.15) is 0 Å². The summed E-state index contributed by atoms with van der Waals surface area (Å²) in [7, 11) is 0. The second kappa shape index (κ2) is 15.1. The Morgan fingerprint density at radius 3 is 1.38 bits per heavy atom. The smallest absolute Gasteiger partial charge is 0.0541 e. The Morgan fingerprint density at radius 1 is 0.283 bits per heavy atom. The van der Waals surface area contributed by atoms with E-state index in [0.717, 1.165) is 22.7 Å². The van der Waals surface area contributed by atoms with E-state index in [-0.39, 0.29) is 0 Å². The molecule has 11 rings (SSSR count). The average Bonchev–Trinajstić information content (AvgIpc) is 3.67. The summed E-state index contributed by atoms with van der Waals surface area (Å²) in [5, 5.41) is 5.02. The van der Waals surface area contributed by atoms with Crippen LogP contribution in [0, 0.1) is 0 Å². The van der Waals surface area contributed by atoms with Crippen LogP contribution < -0.4 is 4.90 Å². The Hall–Kier alpha value is -7.94. The molecular formula is C58H40N2. The number of fused-ring (bicyclic) bond motifs is 4. The van der Waals surface area contributed by atoms with Crippen molar-refractivity contribution in [1.29, 1.82) is 0 Å². The predicted octanol–water partition coefficient (Wildman–Crippen LogP) is 16.1. The molecule has 282 valence electrons. The fourth-order valence-electron chi connectivity index (χ4n) is 8.96. The quantitative estimate of drug-likeness (QED) is 0.150. The fraction of sp³-hybridized carbons (Fsp3) is 0. The molecule has 60 heavy (non-hydrogen) atoms. The Kier molecular flexibility index (Phi) is 8.87. The molecular weight excluding hydrogens is 725 g/mol. The van der Waals surface area contributed by atoms with Gasteiger partial charge in [0.05, 0.1) is 11.0 Å². The van der Waals surface area contributed by atoms with Gasteiger partial charge in [0.2, 0.25) is 0 Å². The van der Waals surface area contributed by atoms with Crippen molar-refractivity contribution in [3.05, 3.63) is 243 Å². The third-order valence-corrected chi connectivity index (χ3v) is 11.8. The van der Waals surface area contributed by atoms with Crippen LogP contribution in [-0.2, 0) is 0 Å². The van der Waals surface area contributed by atoms with Crippen LogP contribution in [0.5, 0.6) is 0 Å². The molecule has 0 N–H and O–H groups in total. The molecule has 0 radical (unpaired) electrons. The normalized spacial score (nSPS) is 11.3. The Balaban J connectivity index is 1.01. The monoisotopic (exact) mass is 764 g/mol. The molecule has 0 fully saturated rings. The van der Waals surface area contributed by atoms with E-state index in [1.165, 1.54) is 77.1 Å². The van der Waals surface area contributed by atoms with Gasteiger partial charge in [-0.1, -0.05) is 182 Å². The largest absolute Gasteiger partial charge is 0.310 e. The first-order valence-electron chi connectivity index (χ1n) is 20.6. The van der Waals surface area contributed by atoms with Gasteiger partial charge in [0, 0.05) is 33.5 Å². The molecule has 10 aromatic carbocycles. The van der Waals surface area contributed by atoms with Crippen molar-refractivity contribution in [1.82, 2.24) is 4.57 Å². The van der Waals surface area contributed by atoms with E-state index in [9.17, 15) is 0 Å². The van der Waals surface area contributed by atoms with Crippen molar-refractivity contribution in [3.63, 3.8) is 0 Å². The number of para-hydroxylation sites is 2. The van der Waals surface area contributed by atoms with Gasteiger partial charge in [-0.3, -0.25) is 0 Å². The summed E-state index contributed by atoms with van der Waals surface area (Å²) in [6, 6.07) is 87.8. The highest BCUT2D eigenvalue weighted by Gasteiger charge is 2.17. The van der Waals surface area contributed by atoms with Gasteiger partial charge in [-0.05, 0) is 116 Å². The van der Waals surface area contributed by atoms with Crippen molar-refractivity contribution in [2.24, 2.45) is 0 Å². The van der Waals surface area contributed by atoms with Gasteiger partial charge < -0.3 is 9.47 Å². The molecule has 0 amide bonds. The van der Waals surface area contributed by atoms with Crippen LogP contribution in [0.1, 0.15) is 0 Å². The van der Waals surface area contributed by atoms with Gasteiger partial charge in [0.15, 0.2) is 0 Å². The molecule has 11 aromatic rings. The molecule has 0 saturated carbocycles. The Bertz CT molecular complexity index is 3230. The highest BCUT2D eigenvalue weighted by atomic mass is 15.1. The van der Waals surface area contributed by atoms with Crippen LogP contribution in [0.25, 0.3) is 82.8 Å². The number of aromatic nitrogens is 1. The minimum absolute atomic E-state index is 1.09. The molecule has 0 aliphatic rings. The SMILES string of the molecule is c1ccc(-c2ccc(N(c3ccc(-c4cccc(-n5c6ccccc6c6ccccc65)c4)cc3)c3cccc(-c4cccc5cccc(-c6ccccc6)c45)c3)cc2)cc1. The second-order valence-corrected chi connectivity index (χ2v) is 15.3. The zero-order chi connectivity index (χ0) is 39.8. The standard InChI is InChI=1S/C58H40N2/c1-3-15-41(16-4-1)42-31-35-48(36-32-42)59(50-23-12-22-47(40-50)53-28-14-20-45-19-13-27-52(58(45)53)44-17-5-2-6-18-44)49-37-33-43(34-38-49)46-21-11-24-51(39-46)60-56-29-9-7-25-54(56)55-26-8-10-30-57(55)60/h1-40H. The van der Waals surface area contributed by atoms with E-state index in [1.54, 1.807) is 0 Å². The lowest BCUT2D eigenvalue weighted by Crippen LogP contribution is -2.10. The lowest BCUT2D eigenvalue weighted by molar-refractivity contribution is 1.18. The van der Waals surface area contributed by atoms with Crippen LogP contribution in [-0.4, -0.2) is 4.57 Å². The number of nitrogens with zero attached hydrogens (tertiary/aromatic N) is 2. The van der Waals surface area contributed by atoms with E-state index >= 15 is 0 Å². The number of rotatable bonds is 8. The molecule has 0 aliphatic carbocycles. The summed E-state index contributed by atoms with van der Waals surface area (Å²) in [5.74, 6) is 0. The Morgan fingerprint density at radius 2 is 0.750 bits per heavy atom. The van der Waals surface area contributed by atoms with Gasteiger partial charge in [-0.15, -0.1) is 0 Å². The van der Waals surface area contributed by atoms with Gasteiger partial charge in [0.1, 0.15) is 0 Å². The minimum atomic E-state index is 1.09. The molecule has 1 heterocycles. The maximum atomic E-state index is 2.38. The second-order valence-electron chi connectivity index (χ2n) is 15.3. The van der Waals surface area contributed by atoms with E-state index in [0.29, 0.717) is 0 Å². The first-order chi connectivity index (χ1) is 29.8. The predicted molar refractivity (Wildman–Crippen MR) is 255 cm³/mol. The summed E-state index contributed by atoms with van der Waals surface area (Å²) in [6.45, 7) is 0. The third kappa shape index (κ3) is 6.32. The van der Waals surface area contributed by atoms with Crippen molar-refractivity contribution in [2.75, 3.05) is 4.90 Å². The van der Waals surface area contributed by atoms with Gasteiger partial charge >= 0.3 is 0 Å². The highest BCUT2D eigenvalue weighted by molar-refractivity contribution is 6.09. The van der Waals surface area contributed by atoms with E-state index in [1.807, 2.05) is 0 Å². The highest BCUT2D eigenvalue weighted by Crippen LogP contribution is 2.42. The third-order valence-electron chi connectivity index (χ3n) is 11.8. The number of hydrogen-bond donors (Lipinski definition) is 0. The van der Waals surface area contributed by atoms with Crippen LogP contribution in [0.3, 0.4) is 0 Å². The Labute approximate surface area is 350 Å². The summed E-state index contributed by atoms with van der Waals surface area (Å²) in [4.78, 5) is 2.37. The van der Waals surface area contributed by atoms with Crippen LogP contribution >= 0.6 is 0 Å². The lowest BCUT2D eigenvalue weighted by Gasteiger charge is -2.26. The minimum Gasteiger partial charge on any atom is -0.310 e. The summed E-state index contributed by atoms with van der Waals surface area (Å²) in [6.07, 6.45) is 0. The molecule has 0 bridgehead atoms. The lowest BCUT2D eigenvalue weighted by atomic mass is 9.91. The zero-order valence-corrected chi connectivity index (χ0v) is 33.0. The molecule has 1 aromatic heterocycles. The van der Waals surface area contributed by atoms with Crippen LogP contribution in [0.2, 0.25) is 0 Å². The number of benzene rings is 10. The van der Waals surface area contributed by atoms with E-state index < -0.39 is 0 Å². The van der Waals surface area contributed by atoms with Crippen molar-refractivity contribution in [2.45, 2.75) is 0 Å². The first-order valence-corrected chi connectivity index (χ1v) is 20.6. The van der Waals surface area contributed by atoms with Crippen LogP contribution in [0.15, 0.2) is 243 Å². The van der Waals surface area contributed by atoms with E-state index in [2.05, 4.69) is 252 Å². The summed E-state index contributed by atoms with van der Waals surface area (Å²) >= 11 is 0. The molecule has 0 saturated heterocycles. The molecule has 0 spiro atoms. The van der Waals surface area contributed by atoms with E-state index in [4.69, 9.17) is 0 Å². The molecule has 0 atom stereocenters. The average molecular weight is 765 g/mol. The number of anilines is 3. The summed E-state index contributed by atoms with van der Waals surface area (Å²) < 4.78 is 2.38. The molecule has 2 heteroatoms. The van der Waals surface area contributed by atoms with Gasteiger partial charge in [0.25, 0.3) is 0 Å².